The number of nitrogens with zero attached hydrogens (tertiary/aromatic N) is 1. The van der Waals surface area contributed by atoms with E-state index in [-0.39, 0.29) is 11.9 Å². The Balaban J connectivity index is 2.01. The van der Waals surface area contributed by atoms with Gasteiger partial charge in [0.05, 0.1) is 13.2 Å². The number of nitrogens with one attached hydrogen (secondary N) is 1. The number of morpholine rings is 1. The molecular formula is C14H19ClN2O2. The molecule has 1 fully saturated rings. The van der Waals surface area contributed by atoms with Gasteiger partial charge in [0.1, 0.15) is 6.04 Å². The van der Waals surface area contributed by atoms with Crippen molar-refractivity contribution >= 4 is 23.2 Å². The third-order valence-corrected chi connectivity index (χ3v) is 3.50. The third kappa shape index (κ3) is 3.61. The monoisotopic (exact) mass is 282 g/mol. The van der Waals surface area contributed by atoms with Gasteiger partial charge in [-0.2, -0.15) is 0 Å². The Kier molecular flexibility index (Phi) is 4.66. The van der Waals surface area contributed by atoms with Crippen molar-refractivity contribution in [1.82, 2.24) is 4.90 Å². The number of carbonyl (C=O) groups excluding carboxylic acids is 1. The van der Waals surface area contributed by atoms with Gasteiger partial charge in [0, 0.05) is 23.8 Å². The molecule has 1 heterocycles. The van der Waals surface area contributed by atoms with Crippen molar-refractivity contribution < 1.29 is 9.53 Å². The second kappa shape index (κ2) is 6.26. The van der Waals surface area contributed by atoms with Gasteiger partial charge in [0.25, 0.3) is 0 Å². The third-order valence-electron chi connectivity index (χ3n) is 3.26. The molecule has 19 heavy (non-hydrogen) atoms. The van der Waals surface area contributed by atoms with Gasteiger partial charge in [-0.05, 0) is 31.5 Å². The molecule has 1 aromatic carbocycles. The predicted molar refractivity (Wildman–Crippen MR) is 76.7 cm³/mol. The SMILES string of the molecule is Cc1ccc(Cl)cc1NC(C)C(=O)N1CCOCC1. The zero-order valence-electron chi connectivity index (χ0n) is 11.3. The Morgan fingerprint density at radius 3 is 2.79 bits per heavy atom. The molecule has 4 nitrogen and oxygen atoms in total. The van der Waals surface area contributed by atoms with Crippen LogP contribution in [0.25, 0.3) is 0 Å². The van der Waals surface area contributed by atoms with Crippen LogP contribution >= 0.6 is 11.6 Å². The van der Waals surface area contributed by atoms with E-state index in [1.165, 1.54) is 0 Å². The standard InChI is InChI=1S/C14H19ClN2O2/c1-10-3-4-12(15)9-13(10)16-11(2)14(18)17-5-7-19-8-6-17/h3-4,9,11,16H,5-8H2,1-2H3. The van der Waals surface area contributed by atoms with E-state index in [2.05, 4.69) is 5.32 Å². The minimum Gasteiger partial charge on any atom is -0.378 e. The smallest absolute Gasteiger partial charge is 0.244 e. The van der Waals surface area contributed by atoms with Crippen LogP contribution in [-0.4, -0.2) is 43.2 Å². The summed E-state index contributed by atoms with van der Waals surface area (Å²) in [5.41, 5.74) is 1.98. The molecule has 0 bridgehead atoms. The molecule has 1 aliphatic rings. The highest BCUT2D eigenvalue weighted by Gasteiger charge is 2.22. The Morgan fingerprint density at radius 1 is 1.42 bits per heavy atom. The van der Waals surface area contributed by atoms with Crippen molar-refractivity contribution in [2.24, 2.45) is 0 Å². The fraction of sp³-hybridized carbons (Fsp3) is 0.500. The van der Waals surface area contributed by atoms with Crippen LogP contribution in [0.2, 0.25) is 5.02 Å². The van der Waals surface area contributed by atoms with E-state index in [0.717, 1.165) is 11.3 Å². The minimum atomic E-state index is -0.268. The van der Waals surface area contributed by atoms with Crippen LogP contribution in [0.4, 0.5) is 5.69 Å². The summed E-state index contributed by atoms with van der Waals surface area (Å²) in [5.74, 6) is 0.0997. The molecule has 1 unspecified atom stereocenters. The van der Waals surface area contributed by atoms with Crippen LogP contribution in [-0.2, 0) is 9.53 Å². The number of benzene rings is 1. The number of anilines is 1. The second-order valence-corrected chi connectivity index (χ2v) is 5.20. The van der Waals surface area contributed by atoms with Crippen molar-refractivity contribution in [1.29, 1.82) is 0 Å². The first-order chi connectivity index (χ1) is 9.08. The van der Waals surface area contributed by atoms with Crippen LogP contribution in [0, 0.1) is 6.92 Å². The molecule has 104 valence electrons. The lowest BCUT2D eigenvalue weighted by Gasteiger charge is -2.30. The molecule has 0 saturated carbocycles. The van der Waals surface area contributed by atoms with Crippen LogP contribution < -0.4 is 5.32 Å². The molecule has 1 atom stereocenters. The number of hydrogen-bond donors (Lipinski definition) is 1. The van der Waals surface area contributed by atoms with Crippen LogP contribution in [0.3, 0.4) is 0 Å². The summed E-state index contributed by atoms with van der Waals surface area (Å²) >= 11 is 5.98. The van der Waals surface area contributed by atoms with Gasteiger partial charge in [0.15, 0.2) is 0 Å². The second-order valence-electron chi connectivity index (χ2n) is 4.76. The summed E-state index contributed by atoms with van der Waals surface area (Å²) < 4.78 is 5.25. The van der Waals surface area contributed by atoms with Gasteiger partial charge >= 0.3 is 0 Å². The molecule has 1 aliphatic heterocycles. The lowest BCUT2D eigenvalue weighted by molar-refractivity contribution is -0.135. The average Bonchev–Trinajstić information content (AvgIpc) is 2.43. The molecule has 1 amide bonds. The summed E-state index contributed by atoms with van der Waals surface area (Å²) in [4.78, 5) is 14.1. The molecule has 0 radical (unpaired) electrons. The summed E-state index contributed by atoms with van der Waals surface area (Å²) in [6.07, 6.45) is 0. The fourth-order valence-corrected chi connectivity index (χ4v) is 2.27. The topological polar surface area (TPSA) is 41.6 Å². The summed E-state index contributed by atoms with van der Waals surface area (Å²) in [6, 6.07) is 5.36. The first-order valence-corrected chi connectivity index (χ1v) is 6.85. The van der Waals surface area contributed by atoms with Gasteiger partial charge in [-0.25, -0.2) is 0 Å². The highest BCUT2D eigenvalue weighted by Crippen LogP contribution is 2.21. The maximum Gasteiger partial charge on any atom is 0.244 e. The van der Waals surface area contributed by atoms with Gasteiger partial charge in [0.2, 0.25) is 5.91 Å². The molecule has 1 saturated heterocycles. The number of halogens is 1. The van der Waals surface area contributed by atoms with Crippen molar-refractivity contribution in [3.8, 4) is 0 Å². The molecular weight excluding hydrogens is 264 g/mol. The quantitative estimate of drug-likeness (QED) is 0.925. The van der Waals surface area contributed by atoms with E-state index in [1.54, 1.807) is 0 Å². The first kappa shape index (κ1) is 14.2. The fourth-order valence-electron chi connectivity index (χ4n) is 2.10. The lowest BCUT2D eigenvalue weighted by Crippen LogP contribution is -2.47. The number of carbonyl (C=O) groups is 1. The summed E-state index contributed by atoms with van der Waals surface area (Å²) in [6.45, 7) is 6.44. The van der Waals surface area contributed by atoms with Crippen molar-refractivity contribution in [3.05, 3.63) is 28.8 Å². The van der Waals surface area contributed by atoms with E-state index < -0.39 is 0 Å². The van der Waals surface area contributed by atoms with Crippen LogP contribution in [0.15, 0.2) is 18.2 Å². The maximum absolute atomic E-state index is 12.3. The van der Waals surface area contributed by atoms with Gasteiger partial charge in [-0.1, -0.05) is 17.7 Å². The van der Waals surface area contributed by atoms with E-state index in [1.807, 2.05) is 36.9 Å². The van der Waals surface area contributed by atoms with Crippen LogP contribution in [0.1, 0.15) is 12.5 Å². The number of hydrogen-bond acceptors (Lipinski definition) is 3. The molecule has 1 aromatic rings. The van der Waals surface area contributed by atoms with E-state index >= 15 is 0 Å². The minimum absolute atomic E-state index is 0.0997. The molecule has 0 aliphatic carbocycles. The zero-order chi connectivity index (χ0) is 13.8. The Hall–Kier alpha value is -1.26. The number of rotatable bonds is 3. The van der Waals surface area contributed by atoms with Crippen molar-refractivity contribution in [2.75, 3.05) is 31.6 Å². The largest absolute Gasteiger partial charge is 0.378 e. The zero-order valence-corrected chi connectivity index (χ0v) is 12.0. The Labute approximate surface area is 118 Å². The van der Waals surface area contributed by atoms with E-state index in [9.17, 15) is 4.79 Å². The Bertz CT molecular complexity index is 459. The highest BCUT2D eigenvalue weighted by molar-refractivity contribution is 6.30. The summed E-state index contributed by atoms with van der Waals surface area (Å²) in [7, 11) is 0. The Morgan fingerprint density at radius 2 is 2.11 bits per heavy atom. The molecule has 5 heteroatoms. The van der Waals surface area contributed by atoms with Gasteiger partial charge in [-0.3, -0.25) is 4.79 Å². The van der Waals surface area contributed by atoms with Crippen LogP contribution in [0.5, 0.6) is 0 Å². The van der Waals surface area contributed by atoms with E-state index in [4.69, 9.17) is 16.3 Å². The van der Waals surface area contributed by atoms with Gasteiger partial charge < -0.3 is 15.0 Å². The lowest BCUT2D eigenvalue weighted by atomic mass is 10.1. The summed E-state index contributed by atoms with van der Waals surface area (Å²) in [5, 5.41) is 3.90. The molecule has 1 N–H and O–H groups in total. The predicted octanol–water partition coefficient (Wildman–Crippen LogP) is 2.31. The highest BCUT2D eigenvalue weighted by atomic mass is 35.5. The average molecular weight is 283 g/mol. The number of aryl methyl sites for hydroxylation is 1. The number of ether oxygens (including phenoxy) is 1. The normalized spacial score (nSPS) is 17.1. The maximum atomic E-state index is 12.3. The van der Waals surface area contributed by atoms with Gasteiger partial charge in [-0.15, -0.1) is 0 Å². The number of amides is 1. The molecule has 0 spiro atoms. The molecule has 2 rings (SSSR count). The van der Waals surface area contributed by atoms with Crippen molar-refractivity contribution in [2.45, 2.75) is 19.9 Å². The van der Waals surface area contributed by atoms with Crippen molar-refractivity contribution in [3.63, 3.8) is 0 Å². The molecule has 0 aromatic heterocycles. The van der Waals surface area contributed by atoms with E-state index in [0.29, 0.717) is 31.3 Å². The first-order valence-electron chi connectivity index (χ1n) is 6.47.